The van der Waals surface area contributed by atoms with Crippen molar-refractivity contribution in [3.8, 4) is 0 Å². The Morgan fingerprint density at radius 2 is 2.19 bits per heavy atom. The van der Waals surface area contributed by atoms with Gasteiger partial charge >= 0.3 is 0 Å². The van der Waals surface area contributed by atoms with Gasteiger partial charge in [0.1, 0.15) is 5.82 Å². The third-order valence-corrected chi connectivity index (χ3v) is 6.56. The van der Waals surface area contributed by atoms with Crippen molar-refractivity contribution >= 4 is 23.1 Å². The number of thiazole rings is 1. The number of pyridine rings is 1. The van der Waals surface area contributed by atoms with Gasteiger partial charge in [0.2, 0.25) is 5.91 Å². The summed E-state index contributed by atoms with van der Waals surface area (Å²) < 4.78 is 5.45. The highest BCUT2D eigenvalue weighted by molar-refractivity contribution is 7.09. The van der Waals surface area contributed by atoms with E-state index in [2.05, 4.69) is 26.3 Å². The summed E-state index contributed by atoms with van der Waals surface area (Å²) in [7, 11) is 0. The van der Waals surface area contributed by atoms with Gasteiger partial charge in [-0.1, -0.05) is 6.07 Å². The van der Waals surface area contributed by atoms with Crippen molar-refractivity contribution in [2.24, 2.45) is 17.8 Å². The lowest BCUT2D eigenvalue weighted by Crippen LogP contribution is -2.37. The van der Waals surface area contributed by atoms with Crippen LogP contribution in [0.25, 0.3) is 0 Å². The fraction of sp³-hybridized carbons (Fsp3) is 0.526. The van der Waals surface area contributed by atoms with Gasteiger partial charge in [0.25, 0.3) is 0 Å². The van der Waals surface area contributed by atoms with Crippen molar-refractivity contribution in [1.82, 2.24) is 14.9 Å². The minimum absolute atomic E-state index is 0.177. The molecule has 3 aliphatic rings. The second-order valence-corrected chi connectivity index (χ2v) is 8.48. The standard InChI is InChI=1S/C19H22N4O2S/c1-12-21-14(11-26-12)8-22-5-6-23(7-13-3-2-4-20-18(13)22)19(24)17-15-9-25-10-16(15)17/h2-4,11,15-17H,5-10H2,1H3/t15-,16+,17?. The van der Waals surface area contributed by atoms with Crippen molar-refractivity contribution in [2.75, 3.05) is 31.2 Å². The van der Waals surface area contributed by atoms with E-state index < -0.39 is 0 Å². The molecule has 1 amide bonds. The topological polar surface area (TPSA) is 58.6 Å². The molecule has 7 heteroatoms. The van der Waals surface area contributed by atoms with Crippen molar-refractivity contribution in [3.05, 3.63) is 40.0 Å². The summed E-state index contributed by atoms with van der Waals surface area (Å²) in [6.07, 6.45) is 1.83. The van der Waals surface area contributed by atoms with Gasteiger partial charge in [-0.25, -0.2) is 9.97 Å². The molecule has 0 aromatic carbocycles. The fourth-order valence-corrected chi connectivity index (χ4v) is 4.91. The molecule has 5 rings (SSSR count). The minimum Gasteiger partial charge on any atom is -0.381 e. The maximum absolute atomic E-state index is 13.0. The van der Waals surface area contributed by atoms with Crippen LogP contribution in [0.4, 0.5) is 5.82 Å². The van der Waals surface area contributed by atoms with Crippen LogP contribution in [0.5, 0.6) is 0 Å². The van der Waals surface area contributed by atoms with Gasteiger partial charge in [0.05, 0.1) is 30.5 Å². The Morgan fingerprint density at radius 3 is 2.96 bits per heavy atom. The lowest BCUT2D eigenvalue weighted by atomic mass is 10.2. The number of rotatable bonds is 3. The molecule has 1 saturated carbocycles. The van der Waals surface area contributed by atoms with E-state index in [0.29, 0.717) is 24.3 Å². The molecule has 1 saturated heterocycles. The van der Waals surface area contributed by atoms with Crippen LogP contribution in [-0.4, -0.2) is 47.1 Å². The van der Waals surface area contributed by atoms with Crippen LogP contribution in [0, 0.1) is 24.7 Å². The van der Waals surface area contributed by atoms with Crippen LogP contribution in [0.3, 0.4) is 0 Å². The predicted molar refractivity (Wildman–Crippen MR) is 98.8 cm³/mol. The lowest BCUT2D eigenvalue weighted by molar-refractivity contribution is -0.134. The third kappa shape index (κ3) is 2.79. The number of carbonyl (C=O) groups excluding carboxylic acids is 1. The number of carbonyl (C=O) groups is 1. The van der Waals surface area contributed by atoms with Crippen molar-refractivity contribution in [2.45, 2.75) is 20.0 Å². The molecule has 0 spiro atoms. The Labute approximate surface area is 156 Å². The van der Waals surface area contributed by atoms with Gasteiger partial charge in [-0.2, -0.15) is 0 Å². The van der Waals surface area contributed by atoms with Gasteiger partial charge in [-0.15, -0.1) is 11.3 Å². The molecule has 1 unspecified atom stereocenters. The Kier molecular flexibility index (Phi) is 3.94. The van der Waals surface area contributed by atoms with Gasteiger partial charge in [0, 0.05) is 42.7 Å². The Balaban J connectivity index is 1.37. The molecule has 26 heavy (non-hydrogen) atoms. The number of hydrogen-bond donors (Lipinski definition) is 0. The number of aromatic nitrogens is 2. The summed E-state index contributed by atoms with van der Waals surface area (Å²) in [4.78, 5) is 26.5. The molecule has 2 fully saturated rings. The molecule has 0 radical (unpaired) electrons. The molecule has 4 heterocycles. The third-order valence-electron chi connectivity index (χ3n) is 5.74. The highest BCUT2D eigenvalue weighted by Gasteiger charge is 2.59. The fourth-order valence-electron chi connectivity index (χ4n) is 4.31. The van der Waals surface area contributed by atoms with Crippen molar-refractivity contribution in [1.29, 1.82) is 0 Å². The summed E-state index contributed by atoms with van der Waals surface area (Å²) in [5.74, 6) is 2.36. The number of amides is 1. The van der Waals surface area contributed by atoms with Crippen LogP contribution in [-0.2, 0) is 22.6 Å². The Hall–Kier alpha value is -1.99. The Morgan fingerprint density at radius 1 is 1.35 bits per heavy atom. The highest BCUT2D eigenvalue weighted by atomic mass is 32.1. The van der Waals surface area contributed by atoms with Crippen LogP contribution in [0.1, 0.15) is 16.3 Å². The minimum atomic E-state index is 0.177. The van der Waals surface area contributed by atoms with Crippen LogP contribution >= 0.6 is 11.3 Å². The van der Waals surface area contributed by atoms with Crippen molar-refractivity contribution < 1.29 is 9.53 Å². The molecule has 1 aliphatic carbocycles. The van der Waals surface area contributed by atoms with E-state index in [4.69, 9.17) is 4.74 Å². The number of nitrogens with zero attached hydrogens (tertiary/aromatic N) is 4. The summed E-state index contributed by atoms with van der Waals surface area (Å²) in [5, 5.41) is 3.19. The second kappa shape index (κ2) is 6.32. The smallest absolute Gasteiger partial charge is 0.226 e. The van der Waals surface area contributed by atoms with Gasteiger partial charge in [-0.3, -0.25) is 4.79 Å². The van der Waals surface area contributed by atoms with Crippen molar-refractivity contribution in [3.63, 3.8) is 0 Å². The van der Waals surface area contributed by atoms with Crippen LogP contribution < -0.4 is 4.90 Å². The zero-order valence-electron chi connectivity index (χ0n) is 14.8. The monoisotopic (exact) mass is 370 g/mol. The molecule has 0 N–H and O–H groups in total. The lowest BCUT2D eigenvalue weighted by Gasteiger charge is -2.23. The predicted octanol–water partition coefficient (Wildman–Crippen LogP) is 2.09. The van der Waals surface area contributed by atoms with E-state index in [1.807, 2.05) is 24.1 Å². The number of hydrogen-bond acceptors (Lipinski definition) is 6. The quantitative estimate of drug-likeness (QED) is 0.828. The number of anilines is 1. The van der Waals surface area contributed by atoms with E-state index in [1.165, 1.54) is 0 Å². The molecule has 2 aromatic heterocycles. The number of aryl methyl sites for hydroxylation is 1. The average Bonchev–Trinajstić information content (AvgIpc) is 2.94. The summed E-state index contributed by atoms with van der Waals surface area (Å²) in [5.41, 5.74) is 2.19. The molecular formula is C19H22N4O2S. The zero-order valence-corrected chi connectivity index (χ0v) is 15.6. The maximum atomic E-state index is 13.0. The van der Waals surface area contributed by atoms with Gasteiger partial charge in [-0.05, 0) is 24.8 Å². The van der Waals surface area contributed by atoms with Crippen LogP contribution in [0.15, 0.2) is 23.7 Å². The number of fused-ring (bicyclic) bond motifs is 2. The first-order chi connectivity index (χ1) is 12.7. The molecule has 0 bridgehead atoms. The first-order valence-corrected chi connectivity index (χ1v) is 10.0. The second-order valence-electron chi connectivity index (χ2n) is 7.42. The molecular weight excluding hydrogens is 348 g/mol. The highest BCUT2D eigenvalue weighted by Crippen LogP contribution is 2.51. The van der Waals surface area contributed by atoms with E-state index in [-0.39, 0.29) is 5.92 Å². The van der Waals surface area contributed by atoms with Gasteiger partial charge in [0.15, 0.2) is 0 Å². The summed E-state index contributed by atoms with van der Waals surface area (Å²) >= 11 is 1.67. The van der Waals surface area contributed by atoms with E-state index in [9.17, 15) is 4.79 Å². The molecule has 6 nitrogen and oxygen atoms in total. The van der Waals surface area contributed by atoms with Gasteiger partial charge < -0.3 is 14.5 Å². The van der Waals surface area contributed by atoms with E-state index >= 15 is 0 Å². The summed E-state index contributed by atoms with van der Waals surface area (Å²) in [6, 6.07) is 4.04. The molecule has 136 valence electrons. The van der Waals surface area contributed by atoms with Crippen LogP contribution in [0.2, 0.25) is 0 Å². The zero-order chi connectivity index (χ0) is 17.7. The molecule has 2 aromatic rings. The Bertz CT molecular complexity index is 828. The first kappa shape index (κ1) is 16.2. The summed E-state index contributed by atoms with van der Waals surface area (Å²) in [6.45, 7) is 6.43. The largest absolute Gasteiger partial charge is 0.381 e. The maximum Gasteiger partial charge on any atom is 0.226 e. The SMILES string of the molecule is Cc1nc(CN2CCN(C(=O)C3[C@H]4COC[C@@H]34)Cc3cccnc32)cs1. The van der Waals surface area contributed by atoms with E-state index in [1.54, 1.807) is 11.3 Å². The molecule has 3 atom stereocenters. The normalized spacial score (nSPS) is 27.0. The first-order valence-electron chi connectivity index (χ1n) is 9.17. The van der Waals surface area contributed by atoms with E-state index in [0.717, 1.165) is 54.9 Å². The number of ether oxygens (including phenoxy) is 1. The average molecular weight is 370 g/mol. The molecule has 2 aliphatic heterocycles.